The molecule has 0 spiro atoms. The minimum Gasteiger partial charge on any atom is -0.341 e. The summed E-state index contributed by atoms with van der Waals surface area (Å²) in [6.45, 7) is 7.47. The summed E-state index contributed by atoms with van der Waals surface area (Å²) in [4.78, 5) is 29.0. The average molecular weight is 349 g/mol. The number of alkyl halides is 3. The zero-order valence-electron chi connectivity index (χ0n) is 14.3. The van der Waals surface area contributed by atoms with E-state index < -0.39 is 18.5 Å². The number of amides is 2. The molecule has 0 radical (unpaired) electrons. The number of rotatable bonds is 3. The van der Waals surface area contributed by atoms with Crippen molar-refractivity contribution < 1.29 is 22.8 Å². The van der Waals surface area contributed by atoms with Crippen molar-refractivity contribution in [2.75, 3.05) is 45.8 Å². The van der Waals surface area contributed by atoms with Gasteiger partial charge in [0.25, 0.3) is 0 Å². The molecule has 0 aromatic heterocycles. The summed E-state index contributed by atoms with van der Waals surface area (Å²) in [5, 5.41) is 0. The summed E-state index contributed by atoms with van der Waals surface area (Å²) in [6.07, 6.45) is -4.74. The molecule has 0 saturated carbocycles. The lowest BCUT2D eigenvalue weighted by atomic mass is 9.92. The zero-order valence-corrected chi connectivity index (χ0v) is 14.3. The van der Waals surface area contributed by atoms with Crippen molar-refractivity contribution in [1.82, 2.24) is 14.7 Å². The van der Waals surface area contributed by atoms with Gasteiger partial charge in [-0.1, -0.05) is 13.8 Å². The van der Waals surface area contributed by atoms with Gasteiger partial charge in [-0.15, -0.1) is 0 Å². The number of likely N-dealkylation sites (tertiary alicyclic amines) is 1. The van der Waals surface area contributed by atoms with E-state index in [1.807, 2.05) is 9.80 Å². The predicted molar refractivity (Wildman–Crippen MR) is 83.2 cm³/mol. The van der Waals surface area contributed by atoms with Crippen LogP contribution in [0.1, 0.15) is 26.7 Å². The SMILES string of the molecule is CC1CC(C)CN(C(=O)CN2CCN(C(=O)CC(F)(F)F)CC2)C1. The number of hydrogen-bond donors (Lipinski definition) is 0. The normalized spacial score (nSPS) is 26.5. The summed E-state index contributed by atoms with van der Waals surface area (Å²) >= 11 is 0. The molecule has 0 aromatic rings. The van der Waals surface area contributed by atoms with Gasteiger partial charge in [-0.3, -0.25) is 14.5 Å². The van der Waals surface area contributed by atoms with Crippen LogP contribution in [0.15, 0.2) is 0 Å². The Morgan fingerprint density at radius 3 is 1.96 bits per heavy atom. The molecule has 2 saturated heterocycles. The highest BCUT2D eigenvalue weighted by molar-refractivity contribution is 5.79. The Labute approximate surface area is 140 Å². The lowest BCUT2D eigenvalue weighted by Gasteiger charge is -2.38. The van der Waals surface area contributed by atoms with E-state index in [-0.39, 0.29) is 25.5 Å². The van der Waals surface area contributed by atoms with Crippen LogP contribution in [0, 0.1) is 11.8 Å². The Hall–Kier alpha value is -1.31. The maximum absolute atomic E-state index is 12.4. The molecule has 2 unspecified atom stereocenters. The topological polar surface area (TPSA) is 43.9 Å². The number of piperazine rings is 1. The number of carbonyl (C=O) groups is 2. The number of piperidine rings is 1. The molecule has 24 heavy (non-hydrogen) atoms. The van der Waals surface area contributed by atoms with E-state index in [0.717, 1.165) is 19.5 Å². The molecule has 2 aliphatic rings. The van der Waals surface area contributed by atoms with E-state index in [4.69, 9.17) is 0 Å². The third-order valence-electron chi connectivity index (χ3n) is 4.66. The van der Waals surface area contributed by atoms with Crippen molar-refractivity contribution in [3.8, 4) is 0 Å². The van der Waals surface area contributed by atoms with Crippen LogP contribution in [-0.2, 0) is 9.59 Å². The molecule has 0 aromatic carbocycles. The fourth-order valence-corrected chi connectivity index (χ4v) is 3.60. The molecule has 0 aliphatic carbocycles. The van der Waals surface area contributed by atoms with Crippen molar-refractivity contribution in [2.45, 2.75) is 32.9 Å². The molecule has 0 bridgehead atoms. The molecule has 8 heteroatoms. The van der Waals surface area contributed by atoms with Crippen LogP contribution in [-0.4, -0.2) is 78.5 Å². The Balaban J connectivity index is 1.76. The fourth-order valence-electron chi connectivity index (χ4n) is 3.60. The molecule has 5 nitrogen and oxygen atoms in total. The first-order valence-corrected chi connectivity index (χ1v) is 8.48. The van der Waals surface area contributed by atoms with Crippen LogP contribution < -0.4 is 0 Å². The lowest BCUT2D eigenvalue weighted by molar-refractivity contribution is -0.162. The minimum absolute atomic E-state index is 0.0727. The Bertz CT molecular complexity index is 452. The van der Waals surface area contributed by atoms with Crippen molar-refractivity contribution in [1.29, 1.82) is 0 Å². The highest BCUT2D eigenvalue weighted by atomic mass is 19.4. The van der Waals surface area contributed by atoms with Crippen LogP contribution in [0.4, 0.5) is 13.2 Å². The van der Waals surface area contributed by atoms with E-state index in [9.17, 15) is 22.8 Å². The van der Waals surface area contributed by atoms with Crippen LogP contribution in [0.5, 0.6) is 0 Å². The van der Waals surface area contributed by atoms with Gasteiger partial charge in [0.05, 0.1) is 6.54 Å². The number of nitrogens with zero attached hydrogens (tertiary/aromatic N) is 3. The fraction of sp³-hybridized carbons (Fsp3) is 0.875. The summed E-state index contributed by atoms with van der Waals surface area (Å²) in [6, 6.07) is 0. The largest absolute Gasteiger partial charge is 0.397 e. The summed E-state index contributed by atoms with van der Waals surface area (Å²) < 4.78 is 36.8. The first-order valence-electron chi connectivity index (χ1n) is 8.48. The number of halogens is 3. The predicted octanol–water partition coefficient (Wildman–Crippen LogP) is 1.59. The smallest absolute Gasteiger partial charge is 0.341 e. The van der Waals surface area contributed by atoms with Crippen LogP contribution >= 0.6 is 0 Å². The molecule has 2 rings (SSSR count). The van der Waals surface area contributed by atoms with Crippen LogP contribution in [0.25, 0.3) is 0 Å². The van der Waals surface area contributed by atoms with E-state index >= 15 is 0 Å². The van der Waals surface area contributed by atoms with E-state index in [0.29, 0.717) is 24.9 Å². The third-order valence-corrected chi connectivity index (χ3v) is 4.66. The molecule has 0 N–H and O–H groups in total. The summed E-state index contributed by atoms with van der Waals surface area (Å²) in [5.74, 6) is 0.180. The average Bonchev–Trinajstić information content (AvgIpc) is 2.45. The molecule has 2 aliphatic heterocycles. The monoisotopic (exact) mass is 349 g/mol. The van der Waals surface area contributed by atoms with E-state index in [1.54, 1.807) is 0 Å². The molecule has 2 atom stereocenters. The zero-order chi connectivity index (χ0) is 17.9. The van der Waals surface area contributed by atoms with Gasteiger partial charge in [-0.05, 0) is 18.3 Å². The summed E-state index contributed by atoms with van der Waals surface area (Å²) in [5.41, 5.74) is 0. The van der Waals surface area contributed by atoms with Crippen molar-refractivity contribution in [3.05, 3.63) is 0 Å². The van der Waals surface area contributed by atoms with Crippen molar-refractivity contribution in [3.63, 3.8) is 0 Å². The lowest BCUT2D eigenvalue weighted by Crippen LogP contribution is -2.53. The number of carbonyl (C=O) groups excluding carboxylic acids is 2. The van der Waals surface area contributed by atoms with Gasteiger partial charge in [0.1, 0.15) is 6.42 Å². The van der Waals surface area contributed by atoms with Gasteiger partial charge < -0.3 is 9.80 Å². The number of hydrogen-bond acceptors (Lipinski definition) is 3. The summed E-state index contributed by atoms with van der Waals surface area (Å²) in [7, 11) is 0. The van der Waals surface area contributed by atoms with Crippen molar-refractivity contribution in [2.24, 2.45) is 11.8 Å². The molecule has 2 amide bonds. The minimum atomic E-state index is -4.47. The quantitative estimate of drug-likeness (QED) is 0.777. The van der Waals surface area contributed by atoms with Gasteiger partial charge >= 0.3 is 6.18 Å². The maximum Gasteiger partial charge on any atom is 0.397 e. The second-order valence-electron chi connectivity index (χ2n) is 7.19. The Kier molecular flexibility index (Phi) is 6.11. The molecule has 2 heterocycles. The Morgan fingerprint density at radius 2 is 1.46 bits per heavy atom. The van der Waals surface area contributed by atoms with Crippen LogP contribution in [0.3, 0.4) is 0 Å². The van der Waals surface area contributed by atoms with Gasteiger partial charge in [0.2, 0.25) is 11.8 Å². The standard InChI is InChI=1S/C16H26F3N3O2/c1-12-7-13(2)10-22(9-12)15(24)11-20-3-5-21(6-4-20)14(23)8-16(17,18)19/h12-13H,3-11H2,1-2H3. The van der Waals surface area contributed by atoms with E-state index in [2.05, 4.69) is 13.8 Å². The maximum atomic E-state index is 12.4. The third kappa shape index (κ3) is 5.65. The Morgan fingerprint density at radius 1 is 0.917 bits per heavy atom. The van der Waals surface area contributed by atoms with Gasteiger partial charge in [-0.25, -0.2) is 0 Å². The first kappa shape index (κ1) is 19.0. The molecule has 138 valence electrons. The second kappa shape index (κ2) is 7.72. The van der Waals surface area contributed by atoms with Crippen LogP contribution in [0.2, 0.25) is 0 Å². The highest BCUT2D eigenvalue weighted by Gasteiger charge is 2.35. The highest BCUT2D eigenvalue weighted by Crippen LogP contribution is 2.22. The molecular weight excluding hydrogens is 323 g/mol. The van der Waals surface area contributed by atoms with Gasteiger partial charge in [-0.2, -0.15) is 13.2 Å². The molecular formula is C16H26F3N3O2. The van der Waals surface area contributed by atoms with Gasteiger partial charge in [0.15, 0.2) is 0 Å². The first-order chi connectivity index (χ1) is 11.1. The second-order valence-corrected chi connectivity index (χ2v) is 7.19. The van der Waals surface area contributed by atoms with Crippen molar-refractivity contribution >= 4 is 11.8 Å². The van der Waals surface area contributed by atoms with Gasteiger partial charge in [0, 0.05) is 39.3 Å². The molecule has 2 fully saturated rings. The van der Waals surface area contributed by atoms with E-state index in [1.165, 1.54) is 4.90 Å².